The summed E-state index contributed by atoms with van der Waals surface area (Å²) in [6.07, 6.45) is -1.39. The third kappa shape index (κ3) is 3.72. The molecule has 1 fully saturated rings. The fraction of sp³-hybridized carbons (Fsp3) is 0.389. The predicted molar refractivity (Wildman–Crippen MR) is 104 cm³/mol. The van der Waals surface area contributed by atoms with Crippen LogP contribution in [0.4, 0.5) is 14.6 Å². The molecule has 1 aromatic carbocycles. The zero-order valence-electron chi connectivity index (χ0n) is 15.8. The van der Waals surface area contributed by atoms with Gasteiger partial charge in [-0.25, -0.2) is 13.8 Å². The van der Waals surface area contributed by atoms with Gasteiger partial charge in [0.05, 0.1) is 25.8 Å². The molecule has 1 aliphatic rings. The number of anilines is 1. The van der Waals surface area contributed by atoms with Crippen molar-refractivity contribution in [3.8, 4) is 11.6 Å². The predicted octanol–water partition coefficient (Wildman–Crippen LogP) is 2.34. The Balaban J connectivity index is 1.95. The third-order valence-electron chi connectivity index (χ3n) is 4.59. The molecule has 0 N–H and O–H groups in total. The second kappa shape index (κ2) is 8.09. The Labute approximate surface area is 168 Å². The van der Waals surface area contributed by atoms with Gasteiger partial charge in [0.15, 0.2) is 5.82 Å². The third-order valence-corrected chi connectivity index (χ3v) is 5.29. The number of fused-ring (bicyclic) bond motifs is 1. The number of hydrogen-bond donors (Lipinski definition) is 0. The van der Waals surface area contributed by atoms with Crippen molar-refractivity contribution in [2.45, 2.75) is 11.6 Å². The smallest absolute Gasteiger partial charge is 0.346 e. The molecule has 0 aliphatic carbocycles. The number of hydrogen-bond acceptors (Lipinski definition) is 7. The Morgan fingerprint density at radius 3 is 2.55 bits per heavy atom. The number of methoxy groups -OCH3 is 1. The molecule has 1 saturated heterocycles. The Hall–Kier alpha value is -2.50. The number of nitrogens with zero attached hydrogens (tertiary/aromatic N) is 5. The van der Waals surface area contributed by atoms with Crippen LogP contribution < -0.4 is 9.64 Å². The first-order valence-electron chi connectivity index (χ1n) is 8.88. The first-order chi connectivity index (χ1) is 14.0. The molecule has 2 aromatic heterocycles. The van der Waals surface area contributed by atoms with E-state index >= 15 is 0 Å². The van der Waals surface area contributed by atoms with E-state index in [0.29, 0.717) is 48.9 Å². The molecule has 3 aromatic rings. The molecule has 1 aliphatic heterocycles. The van der Waals surface area contributed by atoms with E-state index in [2.05, 4.69) is 15.0 Å². The van der Waals surface area contributed by atoms with E-state index in [4.69, 9.17) is 9.47 Å². The highest BCUT2D eigenvalue weighted by Gasteiger charge is 2.26. The lowest BCUT2D eigenvalue weighted by molar-refractivity contribution is 0.122. The highest BCUT2D eigenvalue weighted by molar-refractivity contribution is 7.90. The molecule has 3 heterocycles. The van der Waals surface area contributed by atoms with Gasteiger partial charge in [0.25, 0.3) is 6.43 Å². The van der Waals surface area contributed by atoms with Crippen LogP contribution in [-0.4, -0.2) is 63.7 Å². The maximum Gasteiger partial charge on any atom is 0.346 e. The summed E-state index contributed by atoms with van der Waals surface area (Å²) in [6, 6.07) is 6.61. The minimum atomic E-state index is -2.84. The monoisotopic (exact) mass is 423 g/mol. The minimum absolute atomic E-state index is 0.0638. The van der Waals surface area contributed by atoms with Gasteiger partial charge in [-0.05, 0) is 12.1 Å². The van der Waals surface area contributed by atoms with Gasteiger partial charge in [0, 0.05) is 30.3 Å². The molecule has 0 spiro atoms. The highest BCUT2D eigenvalue weighted by atomic mass is 32.2. The normalized spacial score (nSPS) is 15.9. The van der Waals surface area contributed by atoms with Crippen LogP contribution in [-0.2, 0) is 15.9 Å². The van der Waals surface area contributed by atoms with Gasteiger partial charge in [0.1, 0.15) is 29.2 Å². The van der Waals surface area contributed by atoms with Crippen LogP contribution in [0.25, 0.3) is 16.9 Å². The summed E-state index contributed by atoms with van der Waals surface area (Å²) in [4.78, 5) is 14.7. The molecular formula is C18H19F2N5O3S. The second-order valence-corrected chi connectivity index (χ2v) is 7.63. The average molecular weight is 423 g/mol. The lowest BCUT2D eigenvalue weighted by Gasteiger charge is -2.28. The summed E-state index contributed by atoms with van der Waals surface area (Å²) >= 11 is -1.50. The minimum Gasteiger partial charge on any atom is -0.609 e. The second-order valence-electron chi connectivity index (χ2n) is 6.35. The molecule has 0 saturated carbocycles. The largest absolute Gasteiger partial charge is 0.609 e. The van der Waals surface area contributed by atoms with Gasteiger partial charge in [-0.3, -0.25) is 4.57 Å². The first-order valence-corrected chi connectivity index (χ1v) is 10.4. The number of imidazole rings is 1. The van der Waals surface area contributed by atoms with Gasteiger partial charge in [-0.15, -0.1) is 0 Å². The van der Waals surface area contributed by atoms with Crippen molar-refractivity contribution in [3.63, 3.8) is 0 Å². The van der Waals surface area contributed by atoms with Gasteiger partial charge in [-0.2, -0.15) is 9.97 Å². The highest BCUT2D eigenvalue weighted by Crippen LogP contribution is 2.33. The van der Waals surface area contributed by atoms with Crippen molar-refractivity contribution in [1.82, 2.24) is 19.5 Å². The van der Waals surface area contributed by atoms with Gasteiger partial charge < -0.3 is 18.9 Å². The topological polar surface area (TPSA) is 88.4 Å². The summed E-state index contributed by atoms with van der Waals surface area (Å²) in [5, 5.41) is 0.0638. The molecule has 8 nitrogen and oxygen atoms in total. The van der Waals surface area contributed by atoms with Crippen molar-refractivity contribution < 1.29 is 22.8 Å². The maximum atomic E-state index is 13.8. The molecule has 154 valence electrons. The Morgan fingerprint density at radius 1 is 1.17 bits per heavy atom. The van der Waals surface area contributed by atoms with E-state index in [1.54, 1.807) is 24.3 Å². The first kappa shape index (κ1) is 19.8. The zero-order chi connectivity index (χ0) is 20.5. The number of ether oxygens (including phenoxy) is 2. The summed E-state index contributed by atoms with van der Waals surface area (Å²) in [7, 11) is 1.45. The van der Waals surface area contributed by atoms with Crippen LogP contribution in [0.5, 0.6) is 5.75 Å². The number of aromatic nitrogens is 4. The molecule has 11 heteroatoms. The Morgan fingerprint density at radius 2 is 1.90 bits per heavy atom. The van der Waals surface area contributed by atoms with Crippen LogP contribution >= 0.6 is 0 Å². The number of halogens is 2. The van der Waals surface area contributed by atoms with E-state index in [0.717, 1.165) is 0 Å². The lowest BCUT2D eigenvalue weighted by Crippen LogP contribution is -2.37. The number of benzene rings is 1. The molecule has 0 bridgehead atoms. The van der Waals surface area contributed by atoms with Crippen LogP contribution in [0.1, 0.15) is 12.2 Å². The molecule has 0 radical (unpaired) electrons. The summed E-state index contributed by atoms with van der Waals surface area (Å²) in [6.45, 7) is 2.23. The van der Waals surface area contributed by atoms with Gasteiger partial charge in [0.2, 0.25) is 0 Å². The Kier molecular flexibility index (Phi) is 5.52. The maximum absolute atomic E-state index is 13.8. The van der Waals surface area contributed by atoms with Crippen LogP contribution in [0, 0.1) is 0 Å². The van der Waals surface area contributed by atoms with Crippen molar-refractivity contribution in [2.24, 2.45) is 0 Å². The number of morpholine rings is 1. The van der Waals surface area contributed by atoms with Crippen molar-refractivity contribution in [1.29, 1.82) is 0 Å². The number of alkyl halides is 2. The zero-order valence-corrected chi connectivity index (χ0v) is 16.7. The average Bonchev–Trinajstić information content (AvgIpc) is 3.14. The summed E-state index contributed by atoms with van der Waals surface area (Å²) in [5.41, 5.74) is 0.718. The van der Waals surface area contributed by atoms with Crippen molar-refractivity contribution in [2.75, 3.05) is 44.6 Å². The molecule has 0 amide bonds. The quantitative estimate of drug-likeness (QED) is 0.460. The van der Waals surface area contributed by atoms with Gasteiger partial charge in [-0.1, -0.05) is 6.07 Å². The van der Waals surface area contributed by atoms with E-state index in [9.17, 15) is 13.3 Å². The van der Waals surface area contributed by atoms with Gasteiger partial charge >= 0.3 is 5.16 Å². The van der Waals surface area contributed by atoms with Crippen LogP contribution in [0.3, 0.4) is 0 Å². The standard InChI is InChI=1S/C18H19F2N5O3S/c1-27-12-5-3-4-11-15(12)23-17(16(19)20)25(11)14-10-13(21-18(22-14)29(2)26)24-6-8-28-9-7-24/h3-5,10,16H,6-9H2,1-2H3. The SMILES string of the molecule is COc1cccc2c1nc(C(F)F)n2-c1cc(N2CCOCC2)nc([S+](C)[O-])n1. The van der Waals surface area contributed by atoms with Crippen LogP contribution in [0.15, 0.2) is 29.4 Å². The summed E-state index contributed by atoms with van der Waals surface area (Å²) < 4.78 is 51.7. The molecular weight excluding hydrogens is 404 g/mol. The van der Waals surface area contributed by atoms with E-state index in [1.165, 1.54) is 17.9 Å². The van der Waals surface area contributed by atoms with Crippen molar-refractivity contribution in [3.05, 3.63) is 30.1 Å². The lowest BCUT2D eigenvalue weighted by atomic mass is 10.3. The summed E-state index contributed by atoms with van der Waals surface area (Å²) in [5.74, 6) is 0.597. The molecule has 4 rings (SSSR count). The fourth-order valence-corrected chi connectivity index (χ4v) is 3.69. The van der Waals surface area contributed by atoms with Crippen molar-refractivity contribution >= 4 is 28.0 Å². The molecule has 1 unspecified atom stereocenters. The van der Waals surface area contributed by atoms with E-state index in [-0.39, 0.29) is 11.0 Å². The molecule has 29 heavy (non-hydrogen) atoms. The number of para-hydroxylation sites is 1. The van der Waals surface area contributed by atoms with E-state index < -0.39 is 23.4 Å². The van der Waals surface area contributed by atoms with E-state index in [1.807, 2.05) is 4.90 Å². The van der Waals surface area contributed by atoms with Crippen LogP contribution in [0.2, 0.25) is 0 Å². The molecule has 1 atom stereocenters. The fourth-order valence-electron chi connectivity index (χ4n) is 3.24. The Bertz CT molecular complexity index is 1020. The number of rotatable bonds is 5.